The Labute approximate surface area is 116 Å². The molecule has 6 heteroatoms. The molecule has 3 fully saturated rings. The van der Waals surface area contributed by atoms with E-state index in [2.05, 4.69) is 0 Å². The number of nitrogens with zero attached hydrogens (tertiary/aromatic N) is 2. The first kappa shape index (κ1) is 13.8. The molecule has 5 nitrogen and oxygen atoms in total. The molecule has 0 radical (unpaired) electrons. The molecular weight excluding hydrogens is 264 g/mol. The summed E-state index contributed by atoms with van der Waals surface area (Å²) >= 11 is 0. The van der Waals surface area contributed by atoms with E-state index in [1.165, 1.54) is 25.7 Å². The molecule has 19 heavy (non-hydrogen) atoms. The van der Waals surface area contributed by atoms with Gasteiger partial charge in [0.1, 0.15) is 0 Å². The van der Waals surface area contributed by atoms with Crippen molar-refractivity contribution in [3.05, 3.63) is 0 Å². The molecule has 0 N–H and O–H groups in total. The van der Waals surface area contributed by atoms with Crippen LogP contribution in [-0.4, -0.2) is 55.9 Å². The first-order valence-electron chi connectivity index (χ1n) is 7.54. The van der Waals surface area contributed by atoms with Gasteiger partial charge >= 0.3 is 0 Å². The minimum Gasteiger partial charge on any atom is -0.379 e. The summed E-state index contributed by atoms with van der Waals surface area (Å²) in [5.41, 5.74) is 0. The van der Waals surface area contributed by atoms with Crippen LogP contribution in [0.3, 0.4) is 0 Å². The molecule has 0 aromatic heterocycles. The van der Waals surface area contributed by atoms with Gasteiger partial charge in [-0.1, -0.05) is 12.8 Å². The van der Waals surface area contributed by atoms with Gasteiger partial charge in [0.2, 0.25) is 0 Å². The molecule has 3 aliphatic rings. The highest BCUT2D eigenvalue weighted by atomic mass is 32.2. The number of ether oxygens (including phenoxy) is 1. The molecule has 0 amide bonds. The van der Waals surface area contributed by atoms with Crippen molar-refractivity contribution in [2.24, 2.45) is 5.92 Å². The summed E-state index contributed by atoms with van der Waals surface area (Å²) in [6, 6.07) is 0.260. The molecule has 2 heterocycles. The molecule has 0 bridgehead atoms. The second kappa shape index (κ2) is 5.68. The minimum atomic E-state index is -3.26. The lowest BCUT2D eigenvalue weighted by Crippen LogP contribution is -2.51. The second-order valence-corrected chi connectivity index (χ2v) is 7.77. The Balaban J connectivity index is 1.74. The molecule has 1 saturated carbocycles. The van der Waals surface area contributed by atoms with Gasteiger partial charge in [-0.3, -0.25) is 0 Å². The van der Waals surface area contributed by atoms with Crippen LogP contribution in [0.4, 0.5) is 0 Å². The Bertz CT molecular complexity index is 400. The summed E-state index contributed by atoms with van der Waals surface area (Å²) in [6.45, 7) is 2.79. The van der Waals surface area contributed by atoms with Crippen molar-refractivity contribution in [1.29, 1.82) is 0 Å². The molecule has 3 rings (SSSR count). The van der Waals surface area contributed by atoms with Crippen LogP contribution in [-0.2, 0) is 14.9 Å². The molecule has 2 aliphatic heterocycles. The van der Waals surface area contributed by atoms with Crippen LogP contribution in [0.25, 0.3) is 0 Å². The van der Waals surface area contributed by atoms with Crippen molar-refractivity contribution >= 4 is 10.2 Å². The highest BCUT2D eigenvalue weighted by Crippen LogP contribution is 2.37. The largest absolute Gasteiger partial charge is 0.379 e. The van der Waals surface area contributed by atoms with Crippen molar-refractivity contribution in [3.8, 4) is 0 Å². The van der Waals surface area contributed by atoms with Gasteiger partial charge in [0.05, 0.1) is 13.2 Å². The first-order valence-corrected chi connectivity index (χ1v) is 8.94. The van der Waals surface area contributed by atoms with Gasteiger partial charge in [0.15, 0.2) is 0 Å². The third-order valence-corrected chi connectivity index (χ3v) is 6.85. The van der Waals surface area contributed by atoms with E-state index in [1.54, 1.807) is 8.61 Å². The maximum absolute atomic E-state index is 12.8. The molecule has 1 unspecified atom stereocenters. The normalized spacial score (nSPS) is 32.1. The molecule has 0 spiro atoms. The van der Waals surface area contributed by atoms with Crippen LogP contribution in [0.2, 0.25) is 0 Å². The predicted molar refractivity (Wildman–Crippen MR) is 73.0 cm³/mol. The van der Waals surface area contributed by atoms with E-state index in [0.717, 1.165) is 12.8 Å². The van der Waals surface area contributed by atoms with Crippen molar-refractivity contribution in [2.75, 3.05) is 32.8 Å². The monoisotopic (exact) mass is 288 g/mol. The molecule has 0 aromatic rings. The lowest BCUT2D eigenvalue weighted by molar-refractivity contribution is 0.0693. The lowest BCUT2D eigenvalue weighted by Gasteiger charge is -2.34. The van der Waals surface area contributed by atoms with E-state index in [-0.39, 0.29) is 6.04 Å². The smallest absolute Gasteiger partial charge is 0.282 e. The average molecular weight is 288 g/mol. The van der Waals surface area contributed by atoms with Crippen LogP contribution in [0.15, 0.2) is 0 Å². The molecule has 2 saturated heterocycles. The fraction of sp³-hybridized carbons (Fsp3) is 1.00. The fourth-order valence-corrected chi connectivity index (χ4v) is 5.68. The van der Waals surface area contributed by atoms with Gasteiger partial charge in [-0.15, -0.1) is 0 Å². The van der Waals surface area contributed by atoms with Crippen LogP contribution in [0.1, 0.15) is 38.5 Å². The molecule has 0 aromatic carbocycles. The van der Waals surface area contributed by atoms with Crippen LogP contribution in [0.5, 0.6) is 0 Å². The van der Waals surface area contributed by atoms with E-state index in [1.807, 2.05) is 0 Å². The average Bonchev–Trinajstić information content (AvgIpc) is 3.10. The van der Waals surface area contributed by atoms with Crippen molar-refractivity contribution in [3.63, 3.8) is 0 Å². The van der Waals surface area contributed by atoms with Gasteiger partial charge in [-0.2, -0.15) is 17.0 Å². The number of rotatable bonds is 3. The number of hydrogen-bond acceptors (Lipinski definition) is 3. The van der Waals surface area contributed by atoms with Gasteiger partial charge in [0.25, 0.3) is 10.2 Å². The maximum Gasteiger partial charge on any atom is 0.282 e. The zero-order valence-electron chi connectivity index (χ0n) is 11.5. The van der Waals surface area contributed by atoms with Crippen LogP contribution >= 0.6 is 0 Å². The lowest BCUT2D eigenvalue weighted by atomic mass is 9.97. The summed E-state index contributed by atoms with van der Waals surface area (Å²) in [5.74, 6) is 0.596. The standard InChI is InChI=1S/C13H24N2O3S/c16-19(17,14-8-10-18-11-9-14)15-7-3-6-13(15)12-4-1-2-5-12/h12-13H,1-11H2. The first-order chi connectivity index (χ1) is 9.19. The van der Waals surface area contributed by atoms with Crippen molar-refractivity contribution in [1.82, 2.24) is 8.61 Å². The zero-order valence-corrected chi connectivity index (χ0v) is 12.3. The summed E-state index contributed by atoms with van der Waals surface area (Å²) in [5, 5.41) is 0. The van der Waals surface area contributed by atoms with E-state index in [9.17, 15) is 8.42 Å². The van der Waals surface area contributed by atoms with Gasteiger partial charge in [0, 0.05) is 25.7 Å². The Morgan fingerprint density at radius 1 is 0.895 bits per heavy atom. The van der Waals surface area contributed by atoms with Gasteiger partial charge < -0.3 is 4.74 Å². The number of morpholine rings is 1. The summed E-state index contributed by atoms with van der Waals surface area (Å²) in [6.07, 6.45) is 7.03. The number of hydrogen-bond donors (Lipinski definition) is 0. The van der Waals surface area contributed by atoms with Gasteiger partial charge in [-0.25, -0.2) is 0 Å². The Morgan fingerprint density at radius 3 is 2.26 bits per heavy atom. The molecule has 1 atom stereocenters. The Kier molecular flexibility index (Phi) is 4.12. The minimum absolute atomic E-state index is 0.260. The van der Waals surface area contributed by atoms with Crippen molar-refractivity contribution in [2.45, 2.75) is 44.6 Å². The predicted octanol–water partition coefficient (Wildman–Crippen LogP) is 1.22. The summed E-state index contributed by atoms with van der Waals surface area (Å²) in [7, 11) is -3.26. The van der Waals surface area contributed by atoms with Crippen molar-refractivity contribution < 1.29 is 13.2 Å². The second-order valence-electron chi connectivity index (χ2n) is 5.88. The fourth-order valence-electron chi connectivity index (χ4n) is 3.79. The third-order valence-electron chi connectivity index (χ3n) is 4.78. The highest BCUT2D eigenvalue weighted by molar-refractivity contribution is 7.86. The van der Waals surface area contributed by atoms with Crippen LogP contribution < -0.4 is 0 Å². The quantitative estimate of drug-likeness (QED) is 0.784. The third kappa shape index (κ3) is 2.68. The Morgan fingerprint density at radius 2 is 1.58 bits per heavy atom. The van der Waals surface area contributed by atoms with E-state index < -0.39 is 10.2 Å². The van der Waals surface area contributed by atoms with Crippen LogP contribution in [0, 0.1) is 5.92 Å². The SMILES string of the molecule is O=S(=O)(N1CCOCC1)N1CCCC1C1CCCC1. The van der Waals surface area contributed by atoms with E-state index >= 15 is 0 Å². The molecule has 110 valence electrons. The van der Waals surface area contributed by atoms with E-state index in [4.69, 9.17) is 4.74 Å². The highest BCUT2D eigenvalue weighted by Gasteiger charge is 2.42. The summed E-state index contributed by atoms with van der Waals surface area (Å²) in [4.78, 5) is 0. The molecule has 1 aliphatic carbocycles. The topological polar surface area (TPSA) is 49.9 Å². The molecular formula is C13H24N2O3S. The van der Waals surface area contributed by atoms with Gasteiger partial charge in [-0.05, 0) is 31.6 Å². The van der Waals surface area contributed by atoms with E-state index in [0.29, 0.717) is 38.8 Å². The zero-order chi connectivity index (χ0) is 13.3. The Hall–Kier alpha value is -0.170. The summed E-state index contributed by atoms with van der Waals surface area (Å²) < 4.78 is 34.2. The maximum atomic E-state index is 12.8.